The van der Waals surface area contributed by atoms with Gasteiger partial charge in [0.05, 0.1) is 5.56 Å². The zero-order valence-electron chi connectivity index (χ0n) is 18.8. The fraction of sp³-hybridized carbons (Fsp3) is 0.400. The van der Waals surface area contributed by atoms with Crippen LogP contribution < -0.4 is 0 Å². The van der Waals surface area contributed by atoms with E-state index >= 15 is 0 Å². The molecule has 2 saturated carbocycles. The van der Waals surface area contributed by atoms with Crippen LogP contribution in [0.3, 0.4) is 0 Å². The maximum atomic E-state index is 14.8. The molecule has 4 unspecified atom stereocenters. The lowest BCUT2D eigenvalue weighted by atomic mass is 9.64. The summed E-state index contributed by atoms with van der Waals surface area (Å²) in [5, 5.41) is 0. The summed E-state index contributed by atoms with van der Waals surface area (Å²) < 4.78 is 29.7. The minimum Gasteiger partial charge on any atom is -0.206 e. The molecule has 0 nitrogen and oxygen atoms in total. The fourth-order valence-electron chi connectivity index (χ4n) is 5.55. The van der Waals surface area contributed by atoms with Crippen LogP contribution in [-0.4, -0.2) is 0 Å². The summed E-state index contributed by atoms with van der Waals surface area (Å²) in [7, 11) is 0. The van der Waals surface area contributed by atoms with E-state index in [1.54, 1.807) is 0 Å². The molecule has 0 N–H and O–H groups in total. The second-order valence-electron chi connectivity index (χ2n) is 9.47. The van der Waals surface area contributed by atoms with E-state index in [1.807, 2.05) is 30.3 Å². The summed E-state index contributed by atoms with van der Waals surface area (Å²) in [6.45, 7) is 7.70. The standard InChI is InChI=1S/C30H32F2/c1-3-5-6-22-7-9-23(10-8-22)12-16-28-29(31)19-27(20-30(28)32)26-15-14-24-17-21(4-2)11-13-25(24)18-26/h3-4,7-10,19-21,24-26H,1-2,5-6,11,13-15,17-18H2. The number of hydrogen-bond donors (Lipinski definition) is 0. The van der Waals surface area contributed by atoms with Crippen LogP contribution in [0.4, 0.5) is 8.78 Å². The third-order valence-corrected chi connectivity index (χ3v) is 7.45. The highest BCUT2D eigenvalue weighted by Gasteiger charge is 2.35. The van der Waals surface area contributed by atoms with Crippen molar-refractivity contribution in [3.8, 4) is 11.8 Å². The van der Waals surface area contributed by atoms with Crippen molar-refractivity contribution in [1.82, 2.24) is 0 Å². The molecular formula is C30H32F2. The molecule has 2 aromatic rings. The highest BCUT2D eigenvalue weighted by molar-refractivity contribution is 5.46. The Hall–Kier alpha value is -2.66. The molecule has 2 heteroatoms. The molecule has 2 aliphatic rings. The molecule has 166 valence electrons. The number of rotatable bonds is 5. The predicted molar refractivity (Wildman–Crippen MR) is 128 cm³/mol. The van der Waals surface area contributed by atoms with Crippen molar-refractivity contribution in [3.63, 3.8) is 0 Å². The van der Waals surface area contributed by atoms with Crippen molar-refractivity contribution >= 4 is 0 Å². The summed E-state index contributed by atoms with van der Waals surface area (Å²) in [5.74, 6) is 6.83. The molecule has 0 heterocycles. The third-order valence-electron chi connectivity index (χ3n) is 7.45. The second-order valence-corrected chi connectivity index (χ2v) is 9.47. The van der Waals surface area contributed by atoms with E-state index in [-0.39, 0.29) is 11.5 Å². The van der Waals surface area contributed by atoms with E-state index in [0.717, 1.165) is 49.1 Å². The lowest BCUT2D eigenvalue weighted by molar-refractivity contribution is 0.133. The number of aryl methyl sites for hydroxylation is 1. The first-order valence-corrected chi connectivity index (χ1v) is 11.9. The van der Waals surface area contributed by atoms with Crippen LogP contribution in [-0.2, 0) is 6.42 Å². The largest absolute Gasteiger partial charge is 0.206 e. The van der Waals surface area contributed by atoms with Gasteiger partial charge in [0, 0.05) is 5.56 Å². The van der Waals surface area contributed by atoms with E-state index in [4.69, 9.17) is 0 Å². The summed E-state index contributed by atoms with van der Waals surface area (Å²) in [6, 6.07) is 10.8. The van der Waals surface area contributed by atoms with Crippen LogP contribution in [0.2, 0.25) is 0 Å². The maximum Gasteiger partial charge on any atom is 0.142 e. The highest BCUT2D eigenvalue weighted by atomic mass is 19.1. The first kappa shape index (κ1) is 22.5. The van der Waals surface area contributed by atoms with Gasteiger partial charge in [0.25, 0.3) is 0 Å². The molecule has 0 aliphatic heterocycles. The van der Waals surface area contributed by atoms with Crippen LogP contribution in [0.5, 0.6) is 0 Å². The quantitative estimate of drug-likeness (QED) is 0.333. The van der Waals surface area contributed by atoms with Gasteiger partial charge in [0.15, 0.2) is 0 Å². The van der Waals surface area contributed by atoms with Gasteiger partial charge in [0.2, 0.25) is 0 Å². The summed E-state index contributed by atoms with van der Waals surface area (Å²) in [5.41, 5.74) is 2.61. The van der Waals surface area contributed by atoms with Crippen LogP contribution in [0, 0.1) is 41.2 Å². The smallest absolute Gasteiger partial charge is 0.142 e. The minimum absolute atomic E-state index is 0.135. The zero-order chi connectivity index (χ0) is 22.5. The van der Waals surface area contributed by atoms with E-state index in [9.17, 15) is 8.78 Å². The van der Waals surface area contributed by atoms with Gasteiger partial charge in [-0.05, 0) is 110 Å². The molecule has 4 rings (SSSR count). The molecule has 0 bridgehead atoms. The Labute approximate surface area is 191 Å². The highest BCUT2D eigenvalue weighted by Crippen LogP contribution is 2.48. The summed E-state index contributed by atoms with van der Waals surface area (Å²) in [6.07, 6.45) is 12.7. The molecule has 32 heavy (non-hydrogen) atoms. The molecule has 0 aromatic heterocycles. The van der Waals surface area contributed by atoms with Crippen molar-refractivity contribution < 1.29 is 8.78 Å². The number of allylic oxidation sites excluding steroid dienone is 2. The average molecular weight is 431 g/mol. The number of benzene rings is 2. The Balaban J connectivity index is 1.46. The minimum atomic E-state index is -0.549. The molecule has 0 radical (unpaired) electrons. The molecule has 2 fully saturated rings. The average Bonchev–Trinajstić information content (AvgIpc) is 2.82. The van der Waals surface area contributed by atoms with E-state index in [1.165, 1.54) is 37.0 Å². The van der Waals surface area contributed by atoms with Crippen molar-refractivity contribution in [3.05, 3.63) is 95.6 Å². The van der Waals surface area contributed by atoms with Gasteiger partial charge in [-0.3, -0.25) is 0 Å². The first-order chi connectivity index (χ1) is 15.6. The molecule has 2 aromatic carbocycles. The normalized spacial score (nSPS) is 24.7. The number of halogens is 2. The summed E-state index contributed by atoms with van der Waals surface area (Å²) >= 11 is 0. The predicted octanol–water partition coefficient (Wildman–Crippen LogP) is 7.97. The van der Waals surface area contributed by atoms with Gasteiger partial charge in [-0.15, -0.1) is 13.2 Å². The lowest BCUT2D eigenvalue weighted by Crippen LogP contribution is -2.30. The molecule has 4 atom stereocenters. The number of fused-ring (bicyclic) bond motifs is 1. The van der Waals surface area contributed by atoms with Crippen LogP contribution >= 0.6 is 0 Å². The number of hydrogen-bond acceptors (Lipinski definition) is 0. The van der Waals surface area contributed by atoms with Gasteiger partial charge in [-0.25, -0.2) is 8.78 Å². The van der Waals surface area contributed by atoms with E-state index in [2.05, 4.69) is 31.1 Å². The molecule has 0 saturated heterocycles. The third kappa shape index (κ3) is 5.21. The van der Waals surface area contributed by atoms with Crippen molar-refractivity contribution in [2.24, 2.45) is 17.8 Å². The van der Waals surface area contributed by atoms with E-state index in [0.29, 0.717) is 11.8 Å². The SMILES string of the molecule is C=CCCc1ccc(C#Cc2c(F)cc(C3CCC4CC(C=C)CCC4C3)cc2F)cc1. The van der Waals surface area contributed by atoms with Gasteiger partial charge in [-0.1, -0.05) is 36.1 Å². The Morgan fingerprint density at radius 2 is 1.56 bits per heavy atom. The zero-order valence-corrected chi connectivity index (χ0v) is 18.8. The van der Waals surface area contributed by atoms with Gasteiger partial charge >= 0.3 is 0 Å². The van der Waals surface area contributed by atoms with Crippen LogP contribution in [0.25, 0.3) is 0 Å². The van der Waals surface area contributed by atoms with Crippen molar-refractivity contribution in [2.45, 2.75) is 57.3 Å². The Bertz CT molecular complexity index is 998. The molecule has 0 amide bonds. The second kappa shape index (κ2) is 10.3. The van der Waals surface area contributed by atoms with Gasteiger partial charge in [-0.2, -0.15) is 0 Å². The van der Waals surface area contributed by atoms with Crippen molar-refractivity contribution in [2.75, 3.05) is 0 Å². The van der Waals surface area contributed by atoms with E-state index < -0.39 is 11.6 Å². The summed E-state index contributed by atoms with van der Waals surface area (Å²) in [4.78, 5) is 0. The molecular weight excluding hydrogens is 398 g/mol. The monoisotopic (exact) mass is 430 g/mol. The van der Waals surface area contributed by atoms with Crippen LogP contribution in [0.1, 0.15) is 73.1 Å². The van der Waals surface area contributed by atoms with Gasteiger partial charge < -0.3 is 0 Å². The molecule has 0 spiro atoms. The topological polar surface area (TPSA) is 0 Å². The lowest BCUT2D eigenvalue weighted by Gasteiger charge is -2.41. The van der Waals surface area contributed by atoms with Crippen LogP contribution in [0.15, 0.2) is 61.7 Å². The van der Waals surface area contributed by atoms with Gasteiger partial charge in [0.1, 0.15) is 11.6 Å². The molecule has 2 aliphatic carbocycles. The fourth-order valence-corrected chi connectivity index (χ4v) is 5.55. The first-order valence-electron chi connectivity index (χ1n) is 11.9. The Kier molecular flexibility index (Phi) is 7.26. The Morgan fingerprint density at radius 1 is 0.875 bits per heavy atom. The Morgan fingerprint density at radius 3 is 2.25 bits per heavy atom. The van der Waals surface area contributed by atoms with Crippen molar-refractivity contribution in [1.29, 1.82) is 0 Å². The maximum absolute atomic E-state index is 14.8.